The molecule has 0 nitrogen and oxygen atoms in total. The van der Waals surface area contributed by atoms with Crippen molar-refractivity contribution < 1.29 is 0 Å². The summed E-state index contributed by atoms with van der Waals surface area (Å²) in [6.45, 7) is 12.6. The van der Waals surface area contributed by atoms with Crippen LogP contribution < -0.4 is 0 Å². The van der Waals surface area contributed by atoms with Gasteiger partial charge in [0.2, 0.25) is 0 Å². The lowest BCUT2D eigenvalue weighted by molar-refractivity contribution is 0.561. The first-order valence-corrected chi connectivity index (χ1v) is 3.86. The third-order valence-corrected chi connectivity index (χ3v) is 1.92. The van der Waals surface area contributed by atoms with Gasteiger partial charge in [-0.1, -0.05) is 45.1 Å². The van der Waals surface area contributed by atoms with Crippen LogP contribution in [-0.2, 0) is 0 Å². The van der Waals surface area contributed by atoms with Crippen LogP contribution in [0, 0.1) is 5.41 Å². The summed E-state index contributed by atoms with van der Waals surface area (Å²) in [5, 5.41) is 0. The summed E-state index contributed by atoms with van der Waals surface area (Å²) in [6.07, 6.45) is 5.34. The minimum Gasteiger partial charge on any atom is -0.0990 e. The van der Waals surface area contributed by atoms with Gasteiger partial charge in [0.1, 0.15) is 0 Å². The molecular formula is C10H18. The van der Waals surface area contributed by atoms with Crippen molar-refractivity contribution in [1.82, 2.24) is 0 Å². The molecule has 0 N–H and O–H groups in total. The zero-order chi connectivity index (χ0) is 8.20. The molecule has 0 aromatic rings. The van der Waals surface area contributed by atoms with E-state index in [1.807, 2.05) is 6.92 Å². The van der Waals surface area contributed by atoms with E-state index in [1.54, 1.807) is 0 Å². The summed E-state index contributed by atoms with van der Waals surface area (Å²) in [6, 6.07) is 0. The van der Waals surface area contributed by atoms with Crippen LogP contribution in [0.15, 0.2) is 24.3 Å². The molecule has 0 saturated carbocycles. The van der Waals surface area contributed by atoms with E-state index in [-0.39, 0.29) is 5.41 Å². The van der Waals surface area contributed by atoms with E-state index in [0.29, 0.717) is 0 Å². The van der Waals surface area contributed by atoms with Crippen LogP contribution in [0.5, 0.6) is 0 Å². The van der Waals surface area contributed by atoms with Crippen LogP contribution in [0.1, 0.15) is 34.1 Å². The standard InChI is InChI=1S/C10H18/c1-6-8-10(4,5)9(3)7-2/h6,8H,3,7H2,1-2,4-5H3/b8-6-. The van der Waals surface area contributed by atoms with Gasteiger partial charge in [0.05, 0.1) is 0 Å². The van der Waals surface area contributed by atoms with Gasteiger partial charge in [-0.2, -0.15) is 0 Å². The Bertz CT molecular complexity index is 138. The SMILES string of the molecule is C=C(CC)C(C)(C)/C=C\C. The Morgan fingerprint density at radius 1 is 1.50 bits per heavy atom. The quantitative estimate of drug-likeness (QED) is 0.523. The molecule has 0 spiro atoms. The largest absolute Gasteiger partial charge is 0.0990 e. The third kappa shape index (κ3) is 2.38. The van der Waals surface area contributed by atoms with E-state index >= 15 is 0 Å². The van der Waals surface area contributed by atoms with E-state index in [1.165, 1.54) is 5.57 Å². The summed E-state index contributed by atoms with van der Waals surface area (Å²) in [5.74, 6) is 0. The first-order chi connectivity index (χ1) is 4.54. The van der Waals surface area contributed by atoms with Crippen molar-refractivity contribution in [3.05, 3.63) is 24.3 Å². The highest BCUT2D eigenvalue weighted by molar-refractivity contribution is 5.15. The first-order valence-electron chi connectivity index (χ1n) is 3.86. The molecule has 0 saturated heterocycles. The second-order valence-corrected chi connectivity index (χ2v) is 3.18. The molecule has 0 rings (SSSR count). The lowest BCUT2D eigenvalue weighted by Gasteiger charge is -2.22. The van der Waals surface area contributed by atoms with Crippen molar-refractivity contribution in [2.45, 2.75) is 34.1 Å². The van der Waals surface area contributed by atoms with Gasteiger partial charge in [-0.05, 0) is 13.3 Å². The lowest BCUT2D eigenvalue weighted by atomic mass is 9.83. The van der Waals surface area contributed by atoms with Gasteiger partial charge >= 0.3 is 0 Å². The number of hydrogen-bond donors (Lipinski definition) is 0. The highest BCUT2D eigenvalue weighted by atomic mass is 14.2. The van der Waals surface area contributed by atoms with Crippen LogP contribution in [-0.4, -0.2) is 0 Å². The Balaban J connectivity index is 4.24. The Morgan fingerprint density at radius 3 is 2.30 bits per heavy atom. The highest BCUT2D eigenvalue weighted by Gasteiger charge is 2.15. The van der Waals surface area contributed by atoms with Gasteiger partial charge in [-0.3, -0.25) is 0 Å². The Kier molecular flexibility index (Phi) is 3.41. The molecule has 0 bridgehead atoms. The normalized spacial score (nSPS) is 12.4. The van der Waals surface area contributed by atoms with Crippen molar-refractivity contribution in [2.24, 2.45) is 5.41 Å². The highest BCUT2D eigenvalue weighted by Crippen LogP contribution is 2.28. The molecule has 0 unspecified atom stereocenters. The average Bonchev–Trinajstić information content (AvgIpc) is 1.86. The second-order valence-electron chi connectivity index (χ2n) is 3.18. The molecule has 0 heteroatoms. The molecule has 0 aliphatic heterocycles. The van der Waals surface area contributed by atoms with E-state index < -0.39 is 0 Å². The zero-order valence-electron chi connectivity index (χ0n) is 7.57. The Labute approximate surface area is 64.6 Å². The van der Waals surface area contributed by atoms with Crippen LogP contribution in [0.3, 0.4) is 0 Å². The molecule has 0 amide bonds. The number of hydrogen-bond acceptors (Lipinski definition) is 0. The number of allylic oxidation sites excluding steroid dienone is 3. The fraction of sp³-hybridized carbons (Fsp3) is 0.600. The van der Waals surface area contributed by atoms with Gasteiger partial charge in [-0.15, -0.1) is 0 Å². The molecular weight excluding hydrogens is 120 g/mol. The molecule has 0 aliphatic rings. The van der Waals surface area contributed by atoms with Crippen LogP contribution in [0.4, 0.5) is 0 Å². The molecule has 0 radical (unpaired) electrons. The van der Waals surface area contributed by atoms with Crippen molar-refractivity contribution in [2.75, 3.05) is 0 Å². The summed E-state index contributed by atoms with van der Waals surface area (Å²) in [4.78, 5) is 0. The maximum absolute atomic E-state index is 4.01. The number of rotatable bonds is 3. The summed E-state index contributed by atoms with van der Waals surface area (Å²) in [5.41, 5.74) is 1.48. The van der Waals surface area contributed by atoms with Gasteiger partial charge in [-0.25, -0.2) is 0 Å². The summed E-state index contributed by atoms with van der Waals surface area (Å²) in [7, 11) is 0. The third-order valence-electron chi connectivity index (χ3n) is 1.92. The fourth-order valence-corrected chi connectivity index (χ4v) is 0.990. The van der Waals surface area contributed by atoms with Gasteiger partial charge < -0.3 is 0 Å². The second kappa shape index (κ2) is 3.60. The summed E-state index contributed by atoms with van der Waals surface area (Å²) < 4.78 is 0. The smallest absolute Gasteiger partial charge is 0.00313 e. The molecule has 10 heavy (non-hydrogen) atoms. The average molecular weight is 138 g/mol. The van der Waals surface area contributed by atoms with E-state index in [9.17, 15) is 0 Å². The van der Waals surface area contributed by atoms with Crippen molar-refractivity contribution >= 4 is 0 Å². The van der Waals surface area contributed by atoms with Crippen molar-refractivity contribution in [3.8, 4) is 0 Å². The van der Waals surface area contributed by atoms with E-state index in [2.05, 4.69) is 39.5 Å². The van der Waals surface area contributed by atoms with Crippen LogP contribution in [0.2, 0.25) is 0 Å². The summed E-state index contributed by atoms with van der Waals surface area (Å²) >= 11 is 0. The molecule has 58 valence electrons. The topological polar surface area (TPSA) is 0 Å². The molecule has 0 aromatic carbocycles. The fourth-order valence-electron chi connectivity index (χ4n) is 0.990. The van der Waals surface area contributed by atoms with E-state index in [4.69, 9.17) is 0 Å². The molecule has 0 fully saturated rings. The monoisotopic (exact) mass is 138 g/mol. The Morgan fingerprint density at radius 2 is 2.00 bits per heavy atom. The Hall–Kier alpha value is -0.520. The van der Waals surface area contributed by atoms with Crippen LogP contribution in [0.25, 0.3) is 0 Å². The van der Waals surface area contributed by atoms with Crippen molar-refractivity contribution in [1.29, 1.82) is 0 Å². The first kappa shape index (κ1) is 9.48. The molecule has 0 atom stereocenters. The molecule has 0 aromatic heterocycles. The minimum atomic E-state index is 0.184. The van der Waals surface area contributed by atoms with Gasteiger partial charge in [0, 0.05) is 5.41 Å². The molecule has 0 heterocycles. The lowest BCUT2D eigenvalue weighted by Crippen LogP contribution is -2.09. The predicted octanol–water partition coefficient (Wildman–Crippen LogP) is 3.55. The predicted molar refractivity (Wildman–Crippen MR) is 48.0 cm³/mol. The van der Waals surface area contributed by atoms with Gasteiger partial charge in [0.25, 0.3) is 0 Å². The van der Waals surface area contributed by atoms with Gasteiger partial charge in [0.15, 0.2) is 0 Å². The van der Waals surface area contributed by atoms with E-state index in [0.717, 1.165) is 6.42 Å². The van der Waals surface area contributed by atoms with Crippen molar-refractivity contribution in [3.63, 3.8) is 0 Å². The minimum absolute atomic E-state index is 0.184. The zero-order valence-corrected chi connectivity index (χ0v) is 7.57. The van der Waals surface area contributed by atoms with Crippen LogP contribution >= 0.6 is 0 Å². The molecule has 0 aliphatic carbocycles. The maximum atomic E-state index is 4.01. The maximum Gasteiger partial charge on any atom is 0.00313 e.